The molecule has 254 valence electrons. The highest BCUT2D eigenvalue weighted by Gasteiger charge is 2.48. The molecule has 5 rings (SSSR count). The molecule has 48 heavy (non-hydrogen) atoms. The topological polar surface area (TPSA) is 96.1 Å². The van der Waals surface area contributed by atoms with Gasteiger partial charge in [0.25, 0.3) is 0 Å². The predicted molar refractivity (Wildman–Crippen MR) is 149 cm³/mol. The Balaban J connectivity index is 1.31. The smallest absolute Gasteiger partial charge is 0.420 e. The summed E-state index contributed by atoms with van der Waals surface area (Å²) in [6.45, 7) is 1.37. The largest absolute Gasteiger partial charge is 0.491 e. The molecule has 0 N–H and O–H groups in total. The number of epoxide rings is 2. The van der Waals surface area contributed by atoms with Crippen molar-refractivity contribution >= 4 is 24.1 Å². The van der Waals surface area contributed by atoms with Gasteiger partial charge in [0, 0.05) is 35.4 Å². The molecule has 16 heteroatoms. The van der Waals surface area contributed by atoms with E-state index in [9.17, 15) is 44.7 Å². The first-order valence-corrected chi connectivity index (χ1v) is 13.9. The number of esters is 2. The third kappa shape index (κ3) is 9.32. The molecule has 2 aliphatic rings. The molecule has 2 aliphatic heterocycles. The second-order valence-corrected chi connectivity index (χ2v) is 10.2. The first-order valence-electron chi connectivity index (χ1n) is 13.9. The van der Waals surface area contributed by atoms with Gasteiger partial charge in [0.15, 0.2) is 0 Å². The van der Waals surface area contributed by atoms with Crippen molar-refractivity contribution in [3.05, 3.63) is 94.6 Å². The fourth-order valence-electron chi connectivity index (χ4n) is 4.07. The highest BCUT2D eigenvalue weighted by atomic mass is 19.4. The van der Waals surface area contributed by atoms with E-state index in [1.807, 2.05) is 0 Å². The van der Waals surface area contributed by atoms with Gasteiger partial charge >= 0.3 is 24.3 Å². The van der Waals surface area contributed by atoms with Crippen LogP contribution in [0.25, 0.3) is 12.2 Å². The Morgan fingerprint density at radius 1 is 0.667 bits per heavy atom. The van der Waals surface area contributed by atoms with Crippen LogP contribution in [0, 0.1) is 11.6 Å². The van der Waals surface area contributed by atoms with Gasteiger partial charge in [-0.1, -0.05) is 0 Å². The van der Waals surface area contributed by atoms with Gasteiger partial charge in [0.05, 0.1) is 13.2 Å². The van der Waals surface area contributed by atoms with Gasteiger partial charge in [-0.05, 0) is 48.6 Å². The van der Waals surface area contributed by atoms with E-state index in [0.717, 1.165) is 24.3 Å². The van der Waals surface area contributed by atoms with Crippen LogP contribution in [-0.2, 0) is 31.4 Å². The van der Waals surface area contributed by atoms with Crippen molar-refractivity contribution in [1.82, 2.24) is 0 Å². The first kappa shape index (κ1) is 34.4. The maximum Gasteiger partial charge on any atom is 0.420 e. The highest BCUT2D eigenvalue weighted by molar-refractivity contribution is 5.90. The molecule has 0 saturated carbocycles. The number of halogens is 8. The molecule has 0 aromatic heterocycles. The Hall–Kier alpha value is -4.96. The quantitative estimate of drug-likeness (QED) is 0.0676. The lowest BCUT2D eigenvalue weighted by Gasteiger charge is -2.21. The van der Waals surface area contributed by atoms with Gasteiger partial charge in [0.1, 0.15) is 71.2 Å². The summed E-state index contributed by atoms with van der Waals surface area (Å²) in [5.74, 6) is -7.76. The molecule has 0 aliphatic carbocycles. The van der Waals surface area contributed by atoms with Crippen LogP contribution in [0.2, 0.25) is 0 Å². The molecular weight excluding hydrogens is 664 g/mol. The number of carbonyl (C=O) groups is 2. The molecular formula is C32H22F8O8. The summed E-state index contributed by atoms with van der Waals surface area (Å²) >= 11 is 0. The molecule has 2 atom stereocenters. The van der Waals surface area contributed by atoms with Crippen molar-refractivity contribution in [1.29, 1.82) is 0 Å². The van der Waals surface area contributed by atoms with E-state index in [1.165, 1.54) is 24.3 Å². The van der Waals surface area contributed by atoms with Crippen LogP contribution in [0.3, 0.4) is 0 Å². The van der Waals surface area contributed by atoms with E-state index < -0.39 is 58.6 Å². The number of benzene rings is 3. The highest BCUT2D eigenvalue weighted by Crippen LogP contribution is 2.49. The minimum absolute atomic E-state index is 0.103. The number of alkyl halides is 6. The zero-order valence-electron chi connectivity index (χ0n) is 24.2. The van der Waals surface area contributed by atoms with Gasteiger partial charge < -0.3 is 28.4 Å². The molecule has 2 fully saturated rings. The number of hydrogen-bond donors (Lipinski definition) is 0. The first-order chi connectivity index (χ1) is 22.7. The molecule has 0 bridgehead atoms. The lowest BCUT2D eigenvalue weighted by Crippen LogP contribution is -2.21. The lowest BCUT2D eigenvalue weighted by atomic mass is 10.0. The Labute approximate surface area is 266 Å². The van der Waals surface area contributed by atoms with Gasteiger partial charge in [-0.3, -0.25) is 0 Å². The minimum Gasteiger partial charge on any atom is -0.491 e. The molecule has 0 amide bonds. The van der Waals surface area contributed by atoms with E-state index in [4.69, 9.17) is 18.9 Å². The van der Waals surface area contributed by atoms with Crippen LogP contribution < -0.4 is 18.9 Å². The molecule has 2 heterocycles. The van der Waals surface area contributed by atoms with Gasteiger partial charge in [-0.25, -0.2) is 18.4 Å². The fraction of sp³-hybridized carbons (Fsp3) is 0.250. The summed E-state index contributed by atoms with van der Waals surface area (Å²) in [6, 6.07) is 7.71. The van der Waals surface area contributed by atoms with Crippen molar-refractivity contribution in [2.75, 3.05) is 26.4 Å². The third-order valence-corrected chi connectivity index (χ3v) is 6.54. The average Bonchev–Trinajstić information content (AvgIpc) is 3.93. The second-order valence-electron chi connectivity index (χ2n) is 10.2. The minimum atomic E-state index is -5.77. The summed E-state index contributed by atoms with van der Waals surface area (Å²) < 4.78 is 143. The molecule has 3 aromatic rings. The molecule has 8 nitrogen and oxygen atoms in total. The van der Waals surface area contributed by atoms with E-state index in [-0.39, 0.29) is 48.0 Å². The number of carbonyl (C=O) groups excluding carboxylic acids is 2. The van der Waals surface area contributed by atoms with Crippen molar-refractivity contribution in [2.45, 2.75) is 24.6 Å². The van der Waals surface area contributed by atoms with E-state index in [0.29, 0.717) is 37.5 Å². The summed E-state index contributed by atoms with van der Waals surface area (Å²) in [5.41, 5.74) is -5.34. The van der Waals surface area contributed by atoms with E-state index >= 15 is 0 Å². The second kappa shape index (κ2) is 14.0. The lowest BCUT2D eigenvalue weighted by molar-refractivity contribution is -0.164. The summed E-state index contributed by atoms with van der Waals surface area (Å²) in [6.07, 6.45) is -9.08. The standard InChI is InChI=1S/C32H22F8O8/c33-23-11-19(43-13-21-15-45-21)5-1-17(23)3-9-27(41)47-25-7-8-26(30(32(38,39)40)29(25)31(35,36)37)48-28(42)10-4-18-2-6-20(12-24(18)34)44-14-22-16-46-22/h1-12,21-22H,13-16H2/b9-3+,10-4+. The monoisotopic (exact) mass is 686 g/mol. The van der Waals surface area contributed by atoms with E-state index in [1.54, 1.807) is 0 Å². The van der Waals surface area contributed by atoms with Crippen molar-refractivity contribution in [2.24, 2.45) is 0 Å². The summed E-state index contributed by atoms with van der Waals surface area (Å²) in [7, 11) is 0. The normalized spacial score (nSPS) is 17.4. The molecule has 0 radical (unpaired) electrons. The van der Waals surface area contributed by atoms with Crippen LogP contribution in [0.15, 0.2) is 60.7 Å². The van der Waals surface area contributed by atoms with Crippen molar-refractivity contribution in [3.8, 4) is 23.0 Å². The average molecular weight is 687 g/mol. The SMILES string of the molecule is O=C(/C=C/c1ccc(OCC2CO2)cc1F)Oc1ccc(OC(=O)/C=C/c2ccc(OCC3CO3)cc2F)c(C(F)(F)F)c1C(F)(F)F. The summed E-state index contributed by atoms with van der Waals surface area (Å²) in [5, 5.41) is 0. The Bertz CT molecular complexity index is 1610. The Kier molecular flexibility index (Phi) is 10.0. The number of rotatable bonds is 12. The molecule has 2 saturated heterocycles. The zero-order valence-corrected chi connectivity index (χ0v) is 24.2. The molecule has 2 unspecified atom stereocenters. The zero-order chi connectivity index (χ0) is 34.6. The van der Waals surface area contributed by atoms with Gasteiger partial charge in [-0.15, -0.1) is 0 Å². The van der Waals surface area contributed by atoms with Crippen molar-refractivity contribution in [3.63, 3.8) is 0 Å². The fourth-order valence-corrected chi connectivity index (χ4v) is 4.07. The maximum atomic E-state index is 14.4. The van der Waals surface area contributed by atoms with Crippen LogP contribution in [0.1, 0.15) is 22.3 Å². The van der Waals surface area contributed by atoms with Gasteiger partial charge in [0.2, 0.25) is 0 Å². The predicted octanol–water partition coefficient (Wildman–Crippen LogP) is 6.80. The van der Waals surface area contributed by atoms with Crippen LogP contribution in [0.5, 0.6) is 23.0 Å². The summed E-state index contributed by atoms with van der Waals surface area (Å²) in [4.78, 5) is 24.7. The number of ether oxygens (including phenoxy) is 6. The Morgan fingerprint density at radius 3 is 1.35 bits per heavy atom. The van der Waals surface area contributed by atoms with E-state index in [2.05, 4.69) is 9.47 Å². The van der Waals surface area contributed by atoms with Gasteiger partial charge in [-0.2, -0.15) is 26.3 Å². The third-order valence-electron chi connectivity index (χ3n) is 6.54. The molecule has 0 spiro atoms. The van der Waals surface area contributed by atoms with Crippen LogP contribution in [-0.4, -0.2) is 50.6 Å². The van der Waals surface area contributed by atoms with Crippen LogP contribution >= 0.6 is 0 Å². The molecule has 3 aromatic carbocycles. The Morgan fingerprint density at radius 2 is 1.04 bits per heavy atom. The van der Waals surface area contributed by atoms with Crippen LogP contribution in [0.4, 0.5) is 35.1 Å². The maximum absolute atomic E-state index is 14.4. The van der Waals surface area contributed by atoms with Crippen molar-refractivity contribution < 1.29 is 73.1 Å². The number of hydrogen-bond acceptors (Lipinski definition) is 8.